The van der Waals surface area contributed by atoms with E-state index < -0.39 is 18.4 Å². The summed E-state index contributed by atoms with van der Waals surface area (Å²) >= 11 is 0. The first-order chi connectivity index (χ1) is 8.04. The number of carboxylic acid groups (broad SMARTS) is 1. The molecule has 0 radical (unpaired) electrons. The molecule has 0 atom stereocenters. The van der Waals surface area contributed by atoms with Crippen molar-refractivity contribution >= 4 is 29.7 Å². The van der Waals surface area contributed by atoms with Crippen LogP contribution in [-0.4, -0.2) is 29.9 Å². The highest BCUT2D eigenvalue weighted by molar-refractivity contribution is 5.98. The molecule has 90 valence electrons. The molecule has 7 heteroatoms. The first-order valence-electron chi connectivity index (χ1n) is 4.64. The zero-order valence-electron chi connectivity index (χ0n) is 8.77. The summed E-state index contributed by atoms with van der Waals surface area (Å²) in [6.45, 7) is -0.473. The summed E-state index contributed by atoms with van der Waals surface area (Å²) in [6.07, 6.45) is 0.435. The van der Waals surface area contributed by atoms with Gasteiger partial charge >= 0.3 is 5.97 Å². The second-order valence-electron chi connectivity index (χ2n) is 3.14. The number of amides is 2. The molecule has 5 N–H and O–H groups in total. The molecular weight excluding hydrogens is 226 g/mol. The summed E-state index contributed by atoms with van der Waals surface area (Å²) in [5.41, 5.74) is 6.37. The number of nitrogen functional groups attached to an aromatic ring is 1. The van der Waals surface area contributed by atoms with Gasteiger partial charge in [-0.15, -0.1) is 0 Å². The molecule has 1 aromatic carbocycles. The van der Waals surface area contributed by atoms with Crippen LogP contribution in [0, 0.1) is 0 Å². The molecule has 1 aromatic rings. The van der Waals surface area contributed by atoms with Gasteiger partial charge in [0.25, 0.3) is 5.91 Å². The summed E-state index contributed by atoms with van der Waals surface area (Å²) in [7, 11) is 0. The predicted octanol–water partition coefficient (Wildman–Crippen LogP) is -0.349. The summed E-state index contributed by atoms with van der Waals surface area (Å²) in [4.78, 5) is 32.0. The average molecular weight is 237 g/mol. The van der Waals surface area contributed by atoms with E-state index in [-0.39, 0.29) is 5.56 Å². The molecule has 2 amide bonds. The number of hydrogen-bond donors (Lipinski definition) is 4. The molecule has 0 saturated heterocycles. The van der Waals surface area contributed by atoms with E-state index in [9.17, 15) is 14.4 Å². The monoisotopic (exact) mass is 237 g/mol. The van der Waals surface area contributed by atoms with E-state index in [4.69, 9.17) is 10.8 Å². The Bertz CT molecular complexity index is 459. The van der Waals surface area contributed by atoms with E-state index in [2.05, 4.69) is 10.6 Å². The number of anilines is 2. The molecule has 0 heterocycles. The zero-order valence-corrected chi connectivity index (χ0v) is 8.77. The molecule has 0 aliphatic heterocycles. The lowest BCUT2D eigenvalue weighted by atomic mass is 10.1. The average Bonchev–Trinajstić information content (AvgIpc) is 2.29. The van der Waals surface area contributed by atoms with Gasteiger partial charge in [0.2, 0.25) is 6.41 Å². The van der Waals surface area contributed by atoms with E-state index in [1.165, 1.54) is 18.2 Å². The van der Waals surface area contributed by atoms with E-state index in [0.717, 1.165) is 0 Å². The first-order valence-corrected chi connectivity index (χ1v) is 4.64. The second kappa shape index (κ2) is 5.50. The number of aliphatic carboxylic acids is 1. The number of carboxylic acids is 1. The van der Waals surface area contributed by atoms with Gasteiger partial charge in [-0.3, -0.25) is 14.4 Å². The van der Waals surface area contributed by atoms with Crippen molar-refractivity contribution in [3.63, 3.8) is 0 Å². The fraction of sp³-hybridized carbons (Fsp3) is 0.100. The topological polar surface area (TPSA) is 122 Å². The van der Waals surface area contributed by atoms with Crippen LogP contribution in [0.25, 0.3) is 0 Å². The van der Waals surface area contributed by atoms with Crippen LogP contribution < -0.4 is 16.4 Å². The van der Waals surface area contributed by atoms with Gasteiger partial charge in [0.1, 0.15) is 6.54 Å². The van der Waals surface area contributed by atoms with Gasteiger partial charge in [-0.25, -0.2) is 0 Å². The SMILES string of the molecule is Nc1ccc(C(=O)NCC(=O)O)cc1NC=O. The van der Waals surface area contributed by atoms with Gasteiger partial charge in [0, 0.05) is 5.56 Å². The molecule has 1 rings (SSSR count). The summed E-state index contributed by atoms with van der Waals surface area (Å²) in [5, 5.41) is 12.9. The minimum Gasteiger partial charge on any atom is -0.480 e. The molecule has 0 unspecified atom stereocenters. The van der Waals surface area contributed by atoms with Crippen LogP contribution in [0.5, 0.6) is 0 Å². The van der Waals surface area contributed by atoms with Crippen molar-refractivity contribution in [1.29, 1.82) is 0 Å². The fourth-order valence-corrected chi connectivity index (χ4v) is 1.14. The third kappa shape index (κ3) is 3.49. The Morgan fingerprint density at radius 3 is 2.71 bits per heavy atom. The Morgan fingerprint density at radius 2 is 2.12 bits per heavy atom. The van der Waals surface area contributed by atoms with E-state index in [1.807, 2.05) is 0 Å². The minimum absolute atomic E-state index is 0.213. The Labute approximate surface area is 96.6 Å². The normalized spacial score (nSPS) is 9.41. The molecule has 0 spiro atoms. The largest absolute Gasteiger partial charge is 0.480 e. The number of benzene rings is 1. The lowest BCUT2D eigenvalue weighted by Crippen LogP contribution is -2.29. The molecule has 7 nitrogen and oxygen atoms in total. The number of rotatable bonds is 5. The first kappa shape index (κ1) is 12.5. The Hall–Kier alpha value is -2.57. The zero-order chi connectivity index (χ0) is 12.8. The highest BCUT2D eigenvalue weighted by Gasteiger charge is 2.09. The van der Waals surface area contributed by atoms with Gasteiger partial charge < -0.3 is 21.5 Å². The minimum atomic E-state index is -1.14. The molecule has 0 aliphatic rings. The van der Waals surface area contributed by atoms with Crippen LogP contribution in [0.1, 0.15) is 10.4 Å². The number of nitrogens with two attached hydrogens (primary N) is 1. The standard InChI is InChI=1S/C10H11N3O4/c11-7-2-1-6(3-8(7)13-5-14)10(17)12-4-9(15)16/h1-3,5H,4,11H2,(H,12,17)(H,13,14)(H,15,16). The van der Waals surface area contributed by atoms with Crippen LogP contribution in [0.4, 0.5) is 11.4 Å². The predicted molar refractivity (Wildman–Crippen MR) is 60.5 cm³/mol. The van der Waals surface area contributed by atoms with Crippen molar-refractivity contribution in [2.75, 3.05) is 17.6 Å². The van der Waals surface area contributed by atoms with Crippen molar-refractivity contribution in [2.24, 2.45) is 0 Å². The molecule has 0 fully saturated rings. The Morgan fingerprint density at radius 1 is 1.41 bits per heavy atom. The van der Waals surface area contributed by atoms with Gasteiger partial charge in [0.15, 0.2) is 0 Å². The van der Waals surface area contributed by atoms with Crippen LogP contribution in [-0.2, 0) is 9.59 Å². The molecule has 0 saturated carbocycles. The number of carbonyl (C=O) groups excluding carboxylic acids is 2. The molecular formula is C10H11N3O4. The number of hydrogen-bond acceptors (Lipinski definition) is 4. The second-order valence-corrected chi connectivity index (χ2v) is 3.14. The molecule has 17 heavy (non-hydrogen) atoms. The highest BCUT2D eigenvalue weighted by atomic mass is 16.4. The van der Waals surface area contributed by atoms with E-state index in [1.54, 1.807) is 0 Å². The van der Waals surface area contributed by atoms with Crippen molar-refractivity contribution in [1.82, 2.24) is 5.32 Å². The van der Waals surface area contributed by atoms with Crippen molar-refractivity contribution < 1.29 is 19.5 Å². The van der Waals surface area contributed by atoms with Gasteiger partial charge in [-0.2, -0.15) is 0 Å². The maximum atomic E-state index is 11.5. The summed E-state index contributed by atoms with van der Waals surface area (Å²) in [5.74, 6) is -1.69. The van der Waals surface area contributed by atoms with Crippen LogP contribution in [0.3, 0.4) is 0 Å². The number of nitrogens with one attached hydrogen (secondary N) is 2. The van der Waals surface area contributed by atoms with E-state index in [0.29, 0.717) is 17.8 Å². The van der Waals surface area contributed by atoms with Gasteiger partial charge in [0.05, 0.1) is 11.4 Å². The van der Waals surface area contributed by atoms with Crippen molar-refractivity contribution in [3.05, 3.63) is 23.8 Å². The Kier molecular flexibility index (Phi) is 4.04. The quantitative estimate of drug-likeness (QED) is 0.412. The molecule has 0 bridgehead atoms. The lowest BCUT2D eigenvalue weighted by molar-refractivity contribution is -0.135. The van der Waals surface area contributed by atoms with Crippen molar-refractivity contribution in [2.45, 2.75) is 0 Å². The maximum absolute atomic E-state index is 11.5. The fourth-order valence-electron chi connectivity index (χ4n) is 1.14. The van der Waals surface area contributed by atoms with Crippen LogP contribution in [0.2, 0.25) is 0 Å². The molecule has 0 aromatic heterocycles. The molecule has 0 aliphatic carbocycles. The van der Waals surface area contributed by atoms with Crippen LogP contribution >= 0.6 is 0 Å². The smallest absolute Gasteiger partial charge is 0.322 e. The highest BCUT2D eigenvalue weighted by Crippen LogP contribution is 2.19. The summed E-state index contributed by atoms with van der Waals surface area (Å²) < 4.78 is 0. The lowest BCUT2D eigenvalue weighted by Gasteiger charge is -2.07. The summed E-state index contributed by atoms with van der Waals surface area (Å²) in [6, 6.07) is 4.24. The van der Waals surface area contributed by atoms with Gasteiger partial charge in [-0.05, 0) is 18.2 Å². The Balaban J connectivity index is 2.83. The maximum Gasteiger partial charge on any atom is 0.322 e. The third-order valence-electron chi connectivity index (χ3n) is 1.93. The third-order valence-corrected chi connectivity index (χ3v) is 1.93. The van der Waals surface area contributed by atoms with Gasteiger partial charge in [-0.1, -0.05) is 0 Å². The van der Waals surface area contributed by atoms with Crippen LogP contribution in [0.15, 0.2) is 18.2 Å². The van der Waals surface area contributed by atoms with Crippen molar-refractivity contribution in [3.8, 4) is 0 Å². The number of carbonyl (C=O) groups is 3. The van der Waals surface area contributed by atoms with E-state index >= 15 is 0 Å².